The zero-order chi connectivity index (χ0) is 20.3. The van der Waals surface area contributed by atoms with Gasteiger partial charge in [-0.2, -0.15) is 0 Å². The summed E-state index contributed by atoms with van der Waals surface area (Å²) >= 11 is 2.92. The first-order valence-corrected chi connectivity index (χ1v) is 11.3. The Hall–Kier alpha value is -1.64. The van der Waals surface area contributed by atoms with Gasteiger partial charge in [0.1, 0.15) is 4.83 Å². The van der Waals surface area contributed by atoms with E-state index in [-0.39, 0.29) is 23.3 Å². The van der Waals surface area contributed by atoms with Gasteiger partial charge >= 0.3 is 0 Å². The highest BCUT2D eigenvalue weighted by molar-refractivity contribution is 7.99. The quantitative estimate of drug-likeness (QED) is 0.403. The number of aromatic nitrogens is 2. The molecule has 0 aliphatic heterocycles. The van der Waals surface area contributed by atoms with E-state index < -0.39 is 0 Å². The molecule has 0 radical (unpaired) electrons. The van der Waals surface area contributed by atoms with Gasteiger partial charge in [0.2, 0.25) is 5.91 Å². The molecule has 0 unspecified atom stereocenters. The molecule has 3 rings (SSSR count). The van der Waals surface area contributed by atoms with E-state index in [4.69, 9.17) is 9.72 Å². The number of hydrogen-bond acceptors (Lipinski definition) is 6. The summed E-state index contributed by atoms with van der Waals surface area (Å²) in [6.45, 7) is 8.75. The average molecular weight is 422 g/mol. The number of ether oxygens (including phenoxy) is 1. The van der Waals surface area contributed by atoms with Crippen LogP contribution in [0.1, 0.15) is 30.7 Å². The van der Waals surface area contributed by atoms with E-state index in [1.807, 2.05) is 6.92 Å². The molecule has 28 heavy (non-hydrogen) atoms. The van der Waals surface area contributed by atoms with Crippen LogP contribution in [0, 0.1) is 5.92 Å². The van der Waals surface area contributed by atoms with Crippen molar-refractivity contribution in [2.45, 2.75) is 50.9 Å². The Bertz CT molecular complexity index is 935. The molecule has 0 fully saturated rings. The molecule has 152 valence electrons. The summed E-state index contributed by atoms with van der Waals surface area (Å²) in [7, 11) is 1.60. The van der Waals surface area contributed by atoms with Crippen LogP contribution in [-0.4, -0.2) is 41.0 Å². The van der Waals surface area contributed by atoms with Crippen molar-refractivity contribution in [3.05, 3.63) is 33.4 Å². The van der Waals surface area contributed by atoms with E-state index >= 15 is 0 Å². The first-order valence-electron chi connectivity index (χ1n) is 9.51. The third-order valence-corrected chi connectivity index (χ3v) is 6.97. The Morgan fingerprint density at radius 3 is 3.07 bits per heavy atom. The summed E-state index contributed by atoms with van der Waals surface area (Å²) in [4.78, 5) is 32.3. The van der Waals surface area contributed by atoms with Crippen molar-refractivity contribution >= 4 is 39.2 Å². The number of thiophene rings is 1. The van der Waals surface area contributed by atoms with Crippen LogP contribution in [-0.2, 0) is 28.9 Å². The summed E-state index contributed by atoms with van der Waals surface area (Å²) in [5.74, 6) is 0.738. The first kappa shape index (κ1) is 21.1. The lowest BCUT2D eigenvalue weighted by atomic mass is 9.89. The number of amides is 1. The molecule has 1 amide bonds. The molecule has 0 saturated heterocycles. The van der Waals surface area contributed by atoms with Gasteiger partial charge in [-0.05, 0) is 37.7 Å². The van der Waals surface area contributed by atoms with E-state index in [1.54, 1.807) is 29.1 Å². The molecule has 2 aromatic rings. The number of nitrogens with zero attached hydrogens (tertiary/aromatic N) is 2. The Labute approximate surface area is 173 Å². The molecule has 1 aliphatic rings. The zero-order valence-corrected chi connectivity index (χ0v) is 18.3. The second-order valence-corrected chi connectivity index (χ2v) is 9.37. The maximum absolute atomic E-state index is 13.2. The largest absolute Gasteiger partial charge is 0.383 e. The summed E-state index contributed by atoms with van der Waals surface area (Å²) in [5, 5.41) is 4.21. The number of thioether (sulfide) groups is 1. The van der Waals surface area contributed by atoms with Crippen molar-refractivity contribution < 1.29 is 9.53 Å². The zero-order valence-electron chi connectivity index (χ0n) is 16.6. The van der Waals surface area contributed by atoms with Crippen molar-refractivity contribution in [2.24, 2.45) is 5.92 Å². The Morgan fingerprint density at radius 1 is 1.57 bits per heavy atom. The van der Waals surface area contributed by atoms with Gasteiger partial charge in [-0.3, -0.25) is 14.2 Å². The number of rotatable bonds is 8. The minimum absolute atomic E-state index is 0.0207. The van der Waals surface area contributed by atoms with Crippen LogP contribution in [0.3, 0.4) is 0 Å². The molecule has 8 heteroatoms. The number of aryl methyl sites for hydroxylation is 1. The summed E-state index contributed by atoms with van der Waals surface area (Å²) in [5.41, 5.74) is 1.16. The molecule has 2 aromatic heterocycles. The van der Waals surface area contributed by atoms with Crippen molar-refractivity contribution in [1.29, 1.82) is 0 Å². The lowest BCUT2D eigenvalue weighted by Gasteiger charge is -2.17. The summed E-state index contributed by atoms with van der Waals surface area (Å²) in [6.07, 6.45) is 4.75. The summed E-state index contributed by atoms with van der Waals surface area (Å²) < 4.78 is 6.68. The molecular weight excluding hydrogens is 394 g/mol. The van der Waals surface area contributed by atoms with Crippen molar-refractivity contribution in [2.75, 3.05) is 19.5 Å². The number of carbonyl (C=O) groups is 1. The molecule has 2 heterocycles. The van der Waals surface area contributed by atoms with E-state index in [9.17, 15) is 9.59 Å². The van der Waals surface area contributed by atoms with Gasteiger partial charge in [-0.1, -0.05) is 24.8 Å². The van der Waals surface area contributed by atoms with Crippen LogP contribution in [0.4, 0.5) is 0 Å². The first-order chi connectivity index (χ1) is 13.4. The fourth-order valence-electron chi connectivity index (χ4n) is 3.54. The monoisotopic (exact) mass is 421 g/mol. The lowest BCUT2D eigenvalue weighted by molar-refractivity contribution is -0.119. The number of nitrogens with one attached hydrogen (secondary N) is 1. The number of carbonyl (C=O) groups excluding carboxylic acids is 1. The number of allylic oxidation sites excluding steroid dienone is 1. The van der Waals surface area contributed by atoms with Crippen LogP contribution in [0.15, 0.2) is 22.6 Å². The normalized spacial score (nSPS) is 17.3. The predicted molar refractivity (Wildman–Crippen MR) is 115 cm³/mol. The van der Waals surface area contributed by atoms with Crippen molar-refractivity contribution in [3.8, 4) is 0 Å². The second-order valence-electron chi connectivity index (χ2n) is 7.34. The number of hydrogen-bond donors (Lipinski definition) is 1. The highest BCUT2D eigenvalue weighted by Crippen LogP contribution is 2.36. The summed E-state index contributed by atoms with van der Waals surface area (Å²) in [6, 6.07) is -0.0603. The Morgan fingerprint density at radius 2 is 2.36 bits per heavy atom. The number of methoxy groups -OCH3 is 1. The van der Waals surface area contributed by atoms with Crippen LogP contribution in [0.2, 0.25) is 0 Å². The van der Waals surface area contributed by atoms with E-state index in [1.165, 1.54) is 22.2 Å². The molecule has 0 saturated carbocycles. The van der Waals surface area contributed by atoms with Gasteiger partial charge < -0.3 is 10.1 Å². The van der Waals surface area contributed by atoms with Gasteiger partial charge in [0.25, 0.3) is 5.56 Å². The fraction of sp³-hybridized carbons (Fsp3) is 0.550. The highest BCUT2D eigenvalue weighted by Gasteiger charge is 2.24. The molecule has 2 atom stereocenters. The minimum atomic E-state index is -0.103. The van der Waals surface area contributed by atoms with Crippen LogP contribution >= 0.6 is 23.1 Å². The maximum Gasteiger partial charge on any atom is 0.263 e. The predicted octanol–water partition coefficient (Wildman–Crippen LogP) is 3.01. The van der Waals surface area contributed by atoms with Gasteiger partial charge in [-0.25, -0.2) is 4.98 Å². The van der Waals surface area contributed by atoms with Gasteiger partial charge in [0.15, 0.2) is 5.16 Å². The van der Waals surface area contributed by atoms with E-state index in [0.717, 1.165) is 29.5 Å². The van der Waals surface area contributed by atoms with E-state index in [0.29, 0.717) is 24.2 Å². The van der Waals surface area contributed by atoms with Crippen LogP contribution < -0.4 is 10.9 Å². The fourth-order valence-corrected chi connectivity index (χ4v) is 5.79. The maximum atomic E-state index is 13.2. The van der Waals surface area contributed by atoms with Crippen molar-refractivity contribution in [1.82, 2.24) is 14.9 Å². The second kappa shape index (κ2) is 9.24. The Balaban J connectivity index is 1.89. The molecule has 6 nitrogen and oxygen atoms in total. The third kappa shape index (κ3) is 4.50. The SMILES string of the molecule is C=CCn1c(SCC(=O)N[C@H](C)COC)nc2sc3c(c2c1=O)CC[C@@H](C)C3. The molecule has 0 spiro atoms. The molecule has 1 N–H and O–H groups in total. The van der Waals surface area contributed by atoms with Gasteiger partial charge in [0, 0.05) is 24.6 Å². The van der Waals surface area contributed by atoms with Gasteiger partial charge in [0.05, 0.1) is 17.7 Å². The van der Waals surface area contributed by atoms with Crippen LogP contribution in [0.5, 0.6) is 0 Å². The Kier molecular flexibility index (Phi) is 6.95. The topological polar surface area (TPSA) is 73.2 Å². The van der Waals surface area contributed by atoms with Crippen LogP contribution in [0.25, 0.3) is 10.2 Å². The number of fused-ring (bicyclic) bond motifs is 3. The standard InChI is InChI=1S/C20H27N3O3S2/c1-5-8-23-19(25)17-14-7-6-12(2)9-15(14)28-18(17)22-20(23)27-11-16(24)21-13(3)10-26-4/h5,12-13H,1,6-11H2,2-4H3,(H,21,24)/t12-,13-/m1/s1. The van der Waals surface area contributed by atoms with E-state index in [2.05, 4.69) is 18.8 Å². The molecule has 0 bridgehead atoms. The molecule has 0 aromatic carbocycles. The minimum Gasteiger partial charge on any atom is -0.383 e. The average Bonchev–Trinajstić information content (AvgIpc) is 3.00. The smallest absolute Gasteiger partial charge is 0.263 e. The van der Waals surface area contributed by atoms with Crippen molar-refractivity contribution in [3.63, 3.8) is 0 Å². The highest BCUT2D eigenvalue weighted by atomic mass is 32.2. The van der Waals surface area contributed by atoms with Gasteiger partial charge in [-0.15, -0.1) is 17.9 Å². The molecule has 1 aliphatic carbocycles. The lowest BCUT2D eigenvalue weighted by Crippen LogP contribution is -2.36. The third-order valence-electron chi connectivity index (χ3n) is 4.85. The molecular formula is C20H27N3O3S2.